The minimum absolute atomic E-state index is 0.0680. The molecule has 1 aliphatic carbocycles. The van der Waals surface area contributed by atoms with Crippen LogP contribution in [0.25, 0.3) is 22.4 Å². The van der Waals surface area contributed by atoms with Gasteiger partial charge in [0.1, 0.15) is 12.2 Å². The maximum atomic E-state index is 12.4. The molecule has 1 amide bonds. The number of rotatable bonds is 4. The van der Waals surface area contributed by atoms with Gasteiger partial charge in [-0.2, -0.15) is 5.26 Å². The molecule has 0 radical (unpaired) electrons. The predicted octanol–water partition coefficient (Wildman–Crippen LogP) is 3.36. The summed E-state index contributed by atoms with van der Waals surface area (Å²) in [7, 11) is 0. The third-order valence-electron chi connectivity index (χ3n) is 6.33. The molecule has 5 rings (SSSR count). The highest BCUT2D eigenvalue weighted by Gasteiger charge is 2.49. The number of aliphatic hydroxyl groups is 1. The Bertz CT molecular complexity index is 1260. The molecule has 7 heteroatoms. The van der Waals surface area contributed by atoms with Crippen molar-refractivity contribution in [3.05, 3.63) is 66.2 Å². The van der Waals surface area contributed by atoms with Gasteiger partial charge in [0.15, 0.2) is 6.61 Å². The Morgan fingerprint density at radius 1 is 1.15 bits per heavy atom. The minimum atomic E-state index is -0.724. The molecule has 0 unspecified atom stereocenters. The number of pyridine rings is 1. The van der Waals surface area contributed by atoms with Crippen LogP contribution in [-0.4, -0.2) is 34.8 Å². The molecule has 1 fully saturated rings. The molecule has 2 heterocycles. The first-order valence-corrected chi connectivity index (χ1v) is 10.8. The molecule has 3 aromatic rings. The molecule has 0 saturated heterocycles. The second-order valence-corrected chi connectivity index (χ2v) is 9.09. The van der Waals surface area contributed by atoms with Crippen LogP contribution in [-0.2, 0) is 10.3 Å². The summed E-state index contributed by atoms with van der Waals surface area (Å²) in [4.78, 5) is 18.5. The van der Waals surface area contributed by atoms with Gasteiger partial charge in [-0.3, -0.25) is 9.69 Å². The number of ether oxygens (including phenoxy) is 1. The van der Waals surface area contributed by atoms with Crippen LogP contribution < -0.4 is 15.4 Å². The number of carbonyl (C=O) groups excluding carboxylic acids is 1. The second-order valence-electron chi connectivity index (χ2n) is 9.09. The van der Waals surface area contributed by atoms with E-state index in [0.29, 0.717) is 30.1 Å². The Hall–Kier alpha value is -3.73. The van der Waals surface area contributed by atoms with Crippen molar-refractivity contribution in [1.82, 2.24) is 4.98 Å². The largest absolute Gasteiger partial charge is 0.466 e. The molecule has 7 nitrogen and oxygen atoms in total. The van der Waals surface area contributed by atoms with Crippen molar-refractivity contribution in [2.45, 2.75) is 30.9 Å². The fourth-order valence-corrected chi connectivity index (χ4v) is 4.90. The van der Waals surface area contributed by atoms with Crippen LogP contribution in [0, 0.1) is 11.3 Å². The standard InChI is InChI=1S/C26H24N4O3/c1-25(32)15-26(28,16-25)19-9-7-18(8-10-19)23-20(17-5-3-2-4-6-17)13-21-24(29-23)33-14-22(31)30(21)12-11-27/h2-10,13,32H,12,14-16,28H2,1H3/t25-,26-. The van der Waals surface area contributed by atoms with E-state index in [0.717, 1.165) is 22.3 Å². The number of anilines is 1. The van der Waals surface area contributed by atoms with Gasteiger partial charge in [-0.25, -0.2) is 4.98 Å². The van der Waals surface area contributed by atoms with E-state index in [1.807, 2.05) is 66.7 Å². The summed E-state index contributed by atoms with van der Waals surface area (Å²) in [6.45, 7) is 1.58. The lowest BCUT2D eigenvalue weighted by molar-refractivity contribution is -0.121. The van der Waals surface area contributed by atoms with Crippen molar-refractivity contribution in [1.29, 1.82) is 5.26 Å². The van der Waals surface area contributed by atoms with Gasteiger partial charge in [0.25, 0.3) is 5.91 Å². The number of nitrogens with zero attached hydrogens (tertiary/aromatic N) is 3. The van der Waals surface area contributed by atoms with E-state index >= 15 is 0 Å². The van der Waals surface area contributed by atoms with Gasteiger partial charge >= 0.3 is 0 Å². The van der Waals surface area contributed by atoms with Gasteiger partial charge in [-0.05, 0) is 37.0 Å². The lowest BCUT2D eigenvalue weighted by Gasteiger charge is -2.49. The van der Waals surface area contributed by atoms with E-state index < -0.39 is 11.1 Å². The number of nitrogens with two attached hydrogens (primary N) is 1. The number of benzene rings is 2. The molecule has 2 aromatic carbocycles. The predicted molar refractivity (Wildman–Crippen MR) is 124 cm³/mol. The van der Waals surface area contributed by atoms with Crippen LogP contribution in [0.5, 0.6) is 5.88 Å². The number of fused-ring (bicyclic) bond motifs is 1. The van der Waals surface area contributed by atoms with Gasteiger partial charge in [-0.1, -0.05) is 54.6 Å². The van der Waals surface area contributed by atoms with E-state index in [-0.39, 0.29) is 19.1 Å². The van der Waals surface area contributed by atoms with E-state index in [2.05, 4.69) is 0 Å². The SMILES string of the molecule is C[C@]1(O)C[C@@](N)(c2ccc(-c3nc4c(cc3-c3ccccc3)N(CC#N)C(=O)CO4)cc2)C1. The monoisotopic (exact) mass is 440 g/mol. The zero-order valence-electron chi connectivity index (χ0n) is 18.3. The lowest BCUT2D eigenvalue weighted by Crippen LogP contribution is -2.58. The number of nitriles is 1. The topological polar surface area (TPSA) is 112 Å². The quantitative estimate of drug-likeness (QED) is 0.602. The Balaban J connectivity index is 1.60. The summed E-state index contributed by atoms with van der Waals surface area (Å²) in [5.41, 5.74) is 10.1. The summed E-state index contributed by atoms with van der Waals surface area (Å²) in [6.07, 6.45) is 1.03. The van der Waals surface area contributed by atoms with Crippen LogP contribution in [0.4, 0.5) is 5.69 Å². The fourth-order valence-electron chi connectivity index (χ4n) is 4.90. The molecular weight excluding hydrogens is 416 g/mol. The molecule has 166 valence electrons. The van der Waals surface area contributed by atoms with E-state index in [9.17, 15) is 15.2 Å². The van der Waals surface area contributed by atoms with Crippen LogP contribution in [0.15, 0.2) is 60.7 Å². The third-order valence-corrected chi connectivity index (χ3v) is 6.33. The van der Waals surface area contributed by atoms with E-state index in [1.54, 1.807) is 6.92 Å². The Morgan fingerprint density at radius 3 is 2.48 bits per heavy atom. The molecule has 1 aliphatic heterocycles. The van der Waals surface area contributed by atoms with Crippen molar-refractivity contribution in [2.24, 2.45) is 5.73 Å². The molecule has 0 spiro atoms. The number of aromatic nitrogens is 1. The minimum Gasteiger partial charge on any atom is -0.466 e. The highest BCUT2D eigenvalue weighted by Crippen LogP contribution is 2.47. The number of hydrogen-bond donors (Lipinski definition) is 2. The third kappa shape index (κ3) is 3.74. The van der Waals surface area contributed by atoms with Crippen molar-refractivity contribution in [2.75, 3.05) is 18.1 Å². The molecule has 1 saturated carbocycles. The van der Waals surface area contributed by atoms with Gasteiger partial charge in [-0.15, -0.1) is 0 Å². The van der Waals surface area contributed by atoms with Crippen molar-refractivity contribution in [3.8, 4) is 34.3 Å². The molecule has 0 atom stereocenters. The normalized spacial score (nSPS) is 23.8. The number of amides is 1. The lowest BCUT2D eigenvalue weighted by atomic mass is 9.63. The number of hydrogen-bond acceptors (Lipinski definition) is 6. The maximum Gasteiger partial charge on any atom is 0.266 e. The first-order chi connectivity index (χ1) is 15.8. The summed E-state index contributed by atoms with van der Waals surface area (Å²) >= 11 is 0. The average Bonchev–Trinajstić information content (AvgIpc) is 2.79. The van der Waals surface area contributed by atoms with Crippen LogP contribution in [0.3, 0.4) is 0 Å². The molecule has 33 heavy (non-hydrogen) atoms. The smallest absolute Gasteiger partial charge is 0.266 e. The van der Waals surface area contributed by atoms with Gasteiger partial charge in [0, 0.05) is 16.7 Å². The summed E-state index contributed by atoms with van der Waals surface area (Å²) in [5.74, 6) is 0.0560. The Labute approximate surface area is 192 Å². The molecule has 0 bridgehead atoms. The van der Waals surface area contributed by atoms with Crippen molar-refractivity contribution in [3.63, 3.8) is 0 Å². The zero-order chi connectivity index (χ0) is 23.2. The van der Waals surface area contributed by atoms with Crippen LogP contribution in [0.2, 0.25) is 0 Å². The van der Waals surface area contributed by atoms with Gasteiger partial charge in [0.2, 0.25) is 5.88 Å². The highest BCUT2D eigenvalue weighted by molar-refractivity contribution is 5.99. The summed E-state index contributed by atoms with van der Waals surface area (Å²) in [5, 5.41) is 19.3. The van der Waals surface area contributed by atoms with Crippen molar-refractivity contribution >= 4 is 11.6 Å². The molecule has 2 aliphatic rings. The van der Waals surface area contributed by atoms with Crippen molar-refractivity contribution < 1.29 is 14.6 Å². The van der Waals surface area contributed by atoms with E-state index in [1.165, 1.54) is 4.90 Å². The maximum absolute atomic E-state index is 12.4. The Morgan fingerprint density at radius 2 is 1.85 bits per heavy atom. The Kier molecular flexibility index (Phi) is 4.93. The highest BCUT2D eigenvalue weighted by atomic mass is 16.5. The van der Waals surface area contributed by atoms with Crippen LogP contribution >= 0.6 is 0 Å². The first kappa shape index (κ1) is 21.1. The summed E-state index contributed by atoms with van der Waals surface area (Å²) < 4.78 is 5.63. The molecule has 1 aromatic heterocycles. The van der Waals surface area contributed by atoms with Gasteiger partial charge in [0.05, 0.1) is 17.4 Å². The zero-order valence-corrected chi connectivity index (χ0v) is 18.3. The average molecular weight is 441 g/mol. The summed E-state index contributed by atoms with van der Waals surface area (Å²) in [6, 6.07) is 21.6. The molecule has 3 N–H and O–H groups in total. The first-order valence-electron chi connectivity index (χ1n) is 10.8. The van der Waals surface area contributed by atoms with Crippen LogP contribution in [0.1, 0.15) is 25.3 Å². The second kappa shape index (κ2) is 7.69. The number of carbonyl (C=O) groups is 1. The fraction of sp³-hybridized carbons (Fsp3) is 0.269. The molecular formula is C26H24N4O3. The van der Waals surface area contributed by atoms with Gasteiger partial charge < -0.3 is 15.6 Å². The van der Waals surface area contributed by atoms with E-state index in [4.69, 9.17) is 15.5 Å².